The molecule has 94 valence electrons. The molecule has 0 radical (unpaired) electrons. The minimum Gasteiger partial charge on any atom is -0.295 e. The highest BCUT2D eigenvalue weighted by molar-refractivity contribution is 7.92. The van der Waals surface area contributed by atoms with Gasteiger partial charge in [-0.25, -0.2) is 8.42 Å². The average molecular weight is 265 g/mol. The topological polar surface area (TPSA) is 91.9 Å². The van der Waals surface area contributed by atoms with Gasteiger partial charge in [-0.05, 0) is 31.2 Å². The first-order valence-corrected chi connectivity index (χ1v) is 6.60. The normalized spacial score (nSPS) is 11.2. The number of hydrogen-bond acceptors (Lipinski definition) is 4. The van der Waals surface area contributed by atoms with Gasteiger partial charge in [0, 0.05) is 17.4 Å². The lowest BCUT2D eigenvalue weighted by Gasteiger charge is -2.06. The summed E-state index contributed by atoms with van der Waals surface area (Å²) in [6, 6.07) is 6.20. The largest absolute Gasteiger partial charge is 0.295 e. The molecule has 0 aliphatic heterocycles. The molecule has 18 heavy (non-hydrogen) atoms. The van der Waals surface area contributed by atoms with E-state index in [1.54, 1.807) is 12.1 Å². The van der Waals surface area contributed by atoms with Gasteiger partial charge in [-0.2, -0.15) is 5.10 Å². The highest BCUT2D eigenvalue weighted by atomic mass is 32.2. The maximum atomic E-state index is 11.8. The summed E-state index contributed by atoms with van der Waals surface area (Å²) in [6.45, 7) is 1.45. The van der Waals surface area contributed by atoms with Crippen LogP contribution in [0.1, 0.15) is 17.3 Å². The van der Waals surface area contributed by atoms with E-state index in [1.807, 2.05) is 0 Å². The molecule has 0 aliphatic rings. The first-order chi connectivity index (χ1) is 8.49. The fourth-order valence-corrected chi connectivity index (χ4v) is 2.34. The van der Waals surface area contributed by atoms with Gasteiger partial charge >= 0.3 is 0 Å². The zero-order valence-corrected chi connectivity index (χ0v) is 10.4. The Morgan fingerprint density at radius 1 is 1.28 bits per heavy atom. The predicted octanol–water partition coefficient (Wildman–Crippen LogP) is 1.41. The molecule has 1 aromatic heterocycles. The summed E-state index contributed by atoms with van der Waals surface area (Å²) in [7, 11) is -3.63. The van der Waals surface area contributed by atoms with Crippen LogP contribution >= 0.6 is 0 Å². The van der Waals surface area contributed by atoms with Gasteiger partial charge in [0.1, 0.15) is 4.90 Å². The number of ketones is 1. The monoisotopic (exact) mass is 265 g/mol. The summed E-state index contributed by atoms with van der Waals surface area (Å²) in [5, 5.41) is 6.01. The Morgan fingerprint density at radius 3 is 2.44 bits per heavy atom. The molecule has 7 heteroatoms. The summed E-state index contributed by atoms with van der Waals surface area (Å²) >= 11 is 0. The zero-order chi connectivity index (χ0) is 13.2. The summed E-state index contributed by atoms with van der Waals surface area (Å²) in [5.74, 6) is -0.0701. The number of aromatic amines is 1. The van der Waals surface area contributed by atoms with Gasteiger partial charge in [0.25, 0.3) is 10.0 Å². The van der Waals surface area contributed by atoms with Crippen LogP contribution < -0.4 is 4.72 Å². The maximum absolute atomic E-state index is 11.8. The van der Waals surface area contributed by atoms with Crippen molar-refractivity contribution < 1.29 is 13.2 Å². The summed E-state index contributed by atoms with van der Waals surface area (Å²) in [5.41, 5.74) is 0.919. The first kappa shape index (κ1) is 12.3. The molecular weight excluding hydrogens is 254 g/mol. The zero-order valence-electron chi connectivity index (χ0n) is 9.54. The Bertz CT molecular complexity index is 645. The number of rotatable bonds is 4. The van der Waals surface area contributed by atoms with E-state index in [9.17, 15) is 13.2 Å². The van der Waals surface area contributed by atoms with Crippen LogP contribution in [-0.4, -0.2) is 24.4 Å². The summed E-state index contributed by atoms with van der Waals surface area (Å²) < 4.78 is 26.1. The number of carbonyl (C=O) groups excluding carboxylic acids is 1. The van der Waals surface area contributed by atoms with Crippen molar-refractivity contribution in [2.45, 2.75) is 11.8 Å². The molecule has 0 saturated carbocycles. The second-order valence-corrected chi connectivity index (χ2v) is 5.36. The summed E-state index contributed by atoms with van der Waals surface area (Å²) in [6.07, 6.45) is 2.50. The van der Waals surface area contributed by atoms with Gasteiger partial charge in [0.05, 0.1) is 6.20 Å². The number of Topliss-reactive ketones (excluding diaryl/α,β-unsaturated/α-hetero) is 1. The minimum atomic E-state index is -3.63. The van der Waals surface area contributed by atoms with E-state index in [0.717, 1.165) is 0 Å². The smallest absolute Gasteiger partial charge is 0.265 e. The van der Waals surface area contributed by atoms with Crippen molar-refractivity contribution in [3.05, 3.63) is 42.2 Å². The number of sulfonamides is 1. The third-order valence-electron chi connectivity index (χ3n) is 2.33. The van der Waals surface area contributed by atoms with Gasteiger partial charge in [-0.3, -0.25) is 14.6 Å². The lowest BCUT2D eigenvalue weighted by atomic mass is 10.1. The van der Waals surface area contributed by atoms with Crippen LogP contribution in [0.5, 0.6) is 0 Å². The predicted molar refractivity (Wildman–Crippen MR) is 65.8 cm³/mol. The Labute approximate surface area is 104 Å². The molecule has 6 nitrogen and oxygen atoms in total. The van der Waals surface area contributed by atoms with Crippen LogP contribution in [0.3, 0.4) is 0 Å². The van der Waals surface area contributed by atoms with E-state index in [0.29, 0.717) is 11.3 Å². The second-order valence-electron chi connectivity index (χ2n) is 3.67. The molecule has 2 N–H and O–H groups in total. The van der Waals surface area contributed by atoms with Crippen molar-refractivity contribution in [1.29, 1.82) is 0 Å². The quantitative estimate of drug-likeness (QED) is 0.817. The van der Waals surface area contributed by atoms with E-state index in [4.69, 9.17) is 0 Å². The van der Waals surface area contributed by atoms with Gasteiger partial charge in [0.2, 0.25) is 0 Å². The molecule has 0 bridgehead atoms. The van der Waals surface area contributed by atoms with E-state index in [-0.39, 0.29) is 10.7 Å². The molecule has 2 aromatic rings. The molecule has 1 aromatic carbocycles. The molecule has 0 fully saturated rings. The molecule has 0 unspecified atom stereocenters. The maximum Gasteiger partial charge on any atom is 0.265 e. The first-order valence-electron chi connectivity index (χ1n) is 5.11. The van der Waals surface area contributed by atoms with Crippen molar-refractivity contribution in [3.8, 4) is 0 Å². The average Bonchev–Trinajstić information content (AvgIpc) is 2.83. The SMILES string of the molecule is CC(=O)c1ccc(NS(=O)(=O)c2cn[nH]c2)cc1. The van der Waals surface area contributed by atoms with E-state index >= 15 is 0 Å². The van der Waals surface area contributed by atoms with Crippen LogP contribution in [0.4, 0.5) is 5.69 Å². The van der Waals surface area contributed by atoms with Gasteiger partial charge < -0.3 is 0 Å². The number of nitrogens with one attached hydrogen (secondary N) is 2. The molecule has 2 rings (SSSR count). The van der Waals surface area contributed by atoms with E-state index < -0.39 is 10.0 Å². The Balaban J connectivity index is 2.22. The number of anilines is 1. The van der Waals surface area contributed by atoms with Gasteiger partial charge in [-0.15, -0.1) is 0 Å². The number of H-pyrrole nitrogens is 1. The van der Waals surface area contributed by atoms with Crippen LogP contribution in [0.25, 0.3) is 0 Å². The van der Waals surface area contributed by atoms with Crippen molar-refractivity contribution in [1.82, 2.24) is 10.2 Å². The highest BCUT2D eigenvalue weighted by Gasteiger charge is 2.15. The molecule has 0 aliphatic carbocycles. The number of nitrogens with zero attached hydrogens (tertiary/aromatic N) is 1. The molecule has 0 amide bonds. The van der Waals surface area contributed by atoms with Crippen LogP contribution in [-0.2, 0) is 10.0 Å². The van der Waals surface area contributed by atoms with Crippen LogP contribution in [0.15, 0.2) is 41.6 Å². The van der Waals surface area contributed by atoms with Crippen molar-refractivity contribution in [3.63, 3.8) is 0 Å². The Morgan fingerprint density at radius 2 is 1.94 bits per heavy atom. The van der Waals surface area contributed by atoms with E-state index in [1.165, 1.54) is 31.5 Å². The number of aromatic nitrogens is 2. The third-order valence-corrected chi connectivity index (χ3v) is 3.68. The molecule has 1 heterocycles. The standard InChI is InChI=1S/C11H11N3O3S/c1-8(15)9-2-4-10(5-3-9)14-18(16,17)11-6-12-13-7-11/h2-7,14H,1H3,(H,12,13). The minimum absolute atomic E-state index is 0.0538. The number of benzene rings is 1. The molecule has 0 spiro atoms. The van der Waals surface area contributed by atoms with Gasteiger partial charge in [-0.1, -0.05) is 0 Å². The number of hydrogen-bond donors (Lipinski definition) is 2. The van der Waals surface area contributed by atoms with Crippen molar-refractivity contribution >= 4 is 21.5 Å². The van der Waals surface area contributed by atoms with E-state index in [2.05, 4.69) is 14.9 Å². The highest BCUT2D eigenvalue weighted by Crippen LogP contribution is 2.15. The van der Waals surface area contributed by atoms with Crippen molar-refractivity contribution in [2.75, 3.05) is 4.72 Å². The van der Waals surface area contributed by atoms with Gasteiger partial charge in [0.15, 0.2) is 5.78 Å². The molecule has 0 saturated heterocycles. The van der Waals surface area contributed by atoms with Crippen LogP contribution in [0.2, 0.25) is 0 Å². The Hall–Kier alpha value is -2.15. The Kier molecular flexibility index (Phi) is 3.15. The fraction of sp³-hybridized carbons (Fsp3) is 0.0909. The molecule has 0 atom stereocenters. The third kappa shape index (κ3) is 2.57. The summed E-state index contributed by atoms with van der Waals surface area (Å²) in [4.78, 5) is 11.1. The lowest BCUT2D eigenvalue weighted by molar-refractivity contribution is 0.101. The van der Waals surface area contributed by atoms with Crippen LogP contribution in [0, 0.1) is 0 Å². The second kappa shape index (κ2) is 4.61. The fourth-order valence-electron chi connectivity index (χ4n) is 1.37. The number of carbonyl (C=O) groups is 1. The molecular formula is C11H11N3O3S. The van der Waals surface area contributed by atoms with Crippen molar-refractivity contribution in [2.24, 2.45) is 0 Å². The lowest BCUT2D eigenvalue weighted by Crippen LogP contribution is -2.12.